The van der Waals surface area contributed by atoms with Crippen molar-refractivity contribution in [1.29, 1.82) is 0 Å². The van der Waals surface area contributed by atoms with Crippen LogP contribution in [0.25, 0.3) is 0 Å². The molecular weight excluding hydrogens is 378 g/mol. The molecule has 0 aliphatic heterocycles. The second kappa shape index (κ2) is 8.26. The van der Waals surface area contributed by atoms with Crippen LogP contribution in [-0.4, -0.2) is 25.9 Å². The largest absolute Gasteiger partial charge is 0.493 e. The van der Waals surface area contributed by atoms with E-state index in [2.05, 4.69) is 21.2 Å². The van der Waals surface area contributed by atoms with Crippen LogP contribution in [-0.2, 0) is 4.79 Å². The molecule has 0 spiro atoms. The monoisotopic (exact) mass is 395 g/mol. The van der Waals surface area contributed by atoms with Crippen LogP contribution in [0.2, 0.25) is 0 Å². The number of aryl methyl sites for hydroxylation is 1. The zero-order chi connectivity index (χ0) is 16.8. The van der Waals surface area contributed by atoms with Gasteiger partial charge in [0, 0.05) is 21.1 Å². The van der Waals surface area contributed by atoms with E-state index in [1.54, 1.807) is 32.4 Å². The standard InChI is InChI=1S/C17H18BrNO3S/c1-11-8-12(18)4-7-16(11)23-10-17(20)19-13-5-6-14(21-2)15(9-13)22-3/h4-9H,10H2,1-3H3,(H,19,20). The second-order valence-corrected chi connectivity index (χ2v) is 6.75. The molecule has 0 heterocycles. The summed E-state index contributed by atoms with van der Waals surface area (Å²) in [6.07, 6.45) is 0. The average Bonchev–Trinajstić information content (AvgIpc) is 2.54. The fraction of sp³-hybridized carbons (Fsp3) is 0.235. The van der Waals surface area contributed by atoms with Crippen molar-refractivity contribution in [1.82, 2.24) is 0 Å². The Bertz CT molecular complexity index is 706. The number of anilines is 1. The summed E-state index contributed by atoms with van der Waals surface area (Å²) in [4.78, 5) is 13.2. The maximum Gasteiger partial charge on any atom is 0.234 e. The molecule has 4 nitrogen and oxygen atoms in total. The Morgan fingerprint density at radius 1 is 1.13 bits per heavy atom. The van der Waals surface area contributed by atoms with Gasteiger partial charge in [0.25, 0.3) is 0 Å². The first-order valence-electron chi connectivity index (χ1n) is 6.94. The summed E-state index contributed by atoms with van der Waals surface area (Å²) in [7, 11) is 3.14. The predicted molar refractivity (Wildman–Crippen MR) is 97.8 cm³/mol. The SMILES string of the molecule is COc1ccc(NC(=O)CSc2ccc(Br)cc2C)cc1OC. The predicted octanol–water partition coefficient (Wildman–Crippen LogP) is 4.51. The van der Waals surface area contributed by atoms with Gasteiger partial charge in [-0.1, -0.05) is 15.9 Å². The van der Waals surface area contributed by atoms with Crippen molar-refractivity contribution in [2.24, 2.45) is 0 Å². The second-order valence-electron chi connectivity index (χ2n) is 4.82. The normalized spacial score (nSPS) is 10.3. The van der Waals surface area contributed by atoms with Gasteiger partial charge in [0.1, 0.15) is 0 Å². The maximum absolute atomic E-state index is 12.1. The summed E-state index contributed by atoms with van der Waals surface area (Å²) in [6, 6.07) is 11.3. The Kier molecular flexibility index (Phi) is 6.36. The van der Waals surface area contributed by atoms with E-state index in [1.807, 2.05) is 25.1 Å². The quantitative estimate of drug-likeness (QED) is 0.731. The molecule has 1 N–H and O–H groups in total. The van der Waals surface area contributed by atoms with Crippen LogP contribution in [0, 0.1) is 6.92 Å². The lowest BCUT2D eigenvalue weighted by Crippen LogP contribution is -2.14. The van der Waals surface area contributed by atoms with E-state index < -0.39 is 0 Å². The minimum Gasteiger partial charge on any atom is -0.493 e. The first kappa shape index (κ1) is 17.7. The number of thioether (sulfide) groups is 1. The van der Waals surface area contributed by atoms with Crippen molar-refractivity contribution in [3.05, 3.63) is 46.4 Å². The van der Waals surface area contributed by atoms with Crippen LogP contribution in [0.5, 0.6) is 11.5 Å². The lowest BCUT2D eigenvalue weighted by Gasteiger charge is -2.11. The molecule has 1 amide bonds. The highest BCUT2D eigenvalue weighted by molar-refractivity contribution is 9.10. The minimum atomic E-state index is -0.0652. The number of benzene rings is 2. The van der Waals surface area contributed by atoms with Crippen molar-refractivity contribution in [3.63, 3.8) is 0 Å². The minimum absolute atomic E-state index is 0.0652. The molecule has 0 bridgehead atoms. The molecule has 0 aromatic heterocycles. The summed E-state index contributed by atoms with van der Waals surface area (Å²) in [6.45, 7) is 2.03. The van der Waals surface area contributed by atoms with Crippen LogP contribution in [0.4, 0.5) is 5.69 Å². The molecule has 0 radical (unpaired) electrons. The molecule has 0 aliphatic carbocycles. The third-order valence-electron chi connectivity index (χ3n) is 3.16. The topological polar surface area (TPSA) is 47.6 Å². The number of methoxy groups -OCH3 is 2. The number of amides is 1. The maximum atomic E-state index is 12.1. The number of hydrogen-bond donors (Lipinski definition) is 1. The lowest BCUT2D eigenvalue weighted by molar-refractivity contribution is -0.113. The Hall–Kier alpha value is -1.66. The summed E-state index contributed by atoms with van der Waals surface area (Å²) in [5, 5.41) is 2.86. The third kappa shape index (κ3) is 4.91. The Morgan fingerprint density at radius 2 is 1.87 bits per heavy atom. The van der Waals surface area contributed by atoms with Crippen LogP contribution < -0.4 is 14.8 Å². The van der Waals surface area contributed by atoms with Gasteiger partial charge in [0.2, 0.25) is 5.91 Å². The van der Waals surface area contributed by atoms with Gasteiger partial charge in [-0.2, -0.15) is 0 Å². The molecule has 0 saturated carbocycles. The summed E-state index contributed by atoms with van der Waals surface area (Å²) in [5.74, 6) is 1.49. The molecule has 2 aromatic carbocycles. The lowest BCUT2D eigenvalue weighted by atomic mass is 10.2. The molecule has 0 unspecified atom stereocenters. The molecule has 6 heteroatoms. The van der Waals surface area contributed by atoms with E-state index in [0.717, 1.165) is 14.9 Å². The van der Waals surface area contributed by atoms with Gasteiger partial charge in [-0.3, -0.25) is 4.79 Å². The van der Waals surface area contributed by atoms with Crippen LogP contribution in [0.1, 0.15) is 5.56 Å². The van der Waals surface area contributed by atoms with Gasteiger partial charge in [-0.15, -0.1) is 11.8 Å². The van der Waals surface area contributed by atoms with Crippen molar-refractivity contribution in [2.45, 2.75) is 11.8 Å². The highest BCUT2D eigenvalue weighted by Gasteiger charge is 2.09. The number of carbonyl (C=O) groups excluding carboxylic acids is 1. The number of rotatable bonds is 6. The first-order valence-corrected chi connectivity index (χ1v) is 8.72. The Labute approximate surface area is 148 Å². The van der Waals surface area contributed by atoms with E-state index >= 15 is 0 Å². The molecular formula is C17H18BrNO3S. The number of ether oxygens (including phenoxy) is 2. The van der Waals surface area contributed by atoms with E-state index in [4.69, 9.17) is 9.47 Å². The van der Waals surface area contributed by atoms with Crippen LogP contribution in [0.3, 0.4) is 0 Å². The van der Waals surface area contributed by atoms with Gasteiger partial charge >= 0.3 is 0 Å². The zero-order valence-corrected chi connectivity index (χ0v) is 15.6. The summed E-state index contributed by atoms with van der Waals surface area (Å²) < 4.78 is 11.4. The van der Waals surface area contributed by atoms with E-state index in [-0.39, 0.29) is 5.91 Å². The number of halogens is 1. The Balaban J connectivity index is 1.97. The molecule has 2 rings (SSSR count). The Morgan fingerprint density at radius 3 is 2.52 bits per heavy atom. The smallest absolute Gasteiger partial charge is 0.234 e. The molecule has 0 fully saturated rings. The van der Waals surface area contributed by atoms with Crippen molar-refractivity contribution in [3.8, 4) is 11.5 Å². The molecule has 0 saturated heterocycles. The van der Waals surface area contributed by atoms with E-state index in [1.165, 1.54) is 11.8 Å². The molecule has 2 aromatic rings. The van der Waals surface area contributed by atoms with E-state index in [0.29, 0.717) is 22.9 Å². The number of nitrogens with one attached hydrogen (secondary N) is 1. The molecule has 23 heavy (non-hydrogen) atoms. The van der Waals surface area contributed by atoms with Gasteiger partial charge in [-0.05, 0) is 42.8 Å². The average molecular weight is 396 g/mol. The van der Waals surface area contributed by atoms with Crippen LogP contribution in [0.15, 0.2) is 45.8 Å². The molecule has 0 atom stereocenters. The van der Waals surface area contributed by atoms with Crippen LogP contribution >= 0.6 is 27.7 Å². The zero-order valence-electron chi connectivity index (χ0n) is 13.2. The fourth-order valence-electron chi connectivity index (χ4n) is 2.03. The fourth-order valence-corrected chi connectivity index (χ4v) is 3.31. The van der Waals surface area contributed by atoms with Gasteiger partial charge in [-0.25, -0.2) is 0 Å². The highest BCUT2D eigenvalue weighted by Crippen LogP contribution is 2.30. The van der Waals surface area contributed by atoms with E-state index in [9.17, 15) is 4.79 Å². The third-order valence-corrected chi connectivity index (χ3v) is 4.83. The number of carbonyl (C=O) groups is 1. The highest BCUT2D eigenvalue weighted by atomic mass is 79.9. The molecule has 0 aliphatic rings. The van der Waals surface area contributed by atoms with Gasteiger partial charge in [0.05, 0.1) is 20.0 Å². The summed E-state index contributed by atoms with van der Waals surface area (Å²) in [5.41, 5.74) is 1.82. The van der Waals surface area contributed by atoms with Crippen molar-refractivity contribution in [2.75, 3.05) is 25.3 Å². The first-order chi connectivity index (χ1) is 11.0. The van der Waals surface area contributed by atoms with Crippen molar-refractivity contribution >= 4 is 39.3 Å². The van der Waals surface area contributed by atoms with Crippen molar-refractivity contribution < 1.29 is 14.3 Å². The van der Waals surface area contributed by atoms with Gasteiger partial charge in [0.15, 0.2) is 11.5 Å². The number of hydrogen-bond acceptors (Lipinski definition) is 4. The summed E-state index contributed by atoms with van der Waals surface area (Å²) >= 11 is 4.95. The molecule has 122 valence electrons. The van der Waals surface area contributed by atoms with Gasteiger partial charge < -0.3 is 14.8 Å².